The summed E-state index contributed by atoms with van der Waals surface area (Å²) in [6.07, 6.45) is -4.74. The number of hydrogen-bond donors (Lipinski definition) is 1. The number of carbonyl (C=O) groups is 1. The van der Waals surface area contributed by atoms with Crippen molar-refractivity contribution in [1.29, 1.82) is 0 Å². The zero-order valence-corrected chi connectivity index (χ0v) is 24.2. The molecular weight excluding hydrogens is 608 g/mol. The first-order chi connectivity index (χ1) is 20.0. The summed E-state index contributed by atoms with van der Waals surface area (Å²) in [6, 6.07) is 10.5. The van der Waals surface area contributed by atoms with Crippen LogP contribution >= 0.6 is 0 Å². The molecule has 1 aliphatic heterocycles. The zero-order chi connectivity index (χ0) is 32.5. The lowest BCUT2D eigenvalue weighted by Gasteiger charge is -2.31. The van der Waals surface area contributed by atoms with Crippen molar-refractivity contribution in [2.75, 3.05) is 31.7 Å². The number of alkyl halides is 5. The molecule has 1 heterocycles. The molecule has 0 unspecified atom stereocenters. The Hall–Kier alpha value is -3.98. The molecule has 0 aromatic heterocycles. The summed E-state index contributed by atoms with van der Waals surface area (Å²) in [7, 11) is -1.18. The molecule has 0 aliphatic carbocycles. The highest BCUT2D eigenvalue weighted by Gasteiger charge is 2.35. The summed E-state index contributed by atoms with van der Waals surface area (Å²) in [5.41, 5.74) is -0.767. The summed E-state index contributed by atoms with van der Waals surface area (Å²) in [5, 5.41) is 7.99. The van der Waals surface area contributed by atoms with E-state index in [4.69, 9.17) is 9.84 Å². The number of ether oxygens (including phenoxy) is 3. The molecule has 8 nitrogen and oxygen atoms in total. The second kappa shape index (κ2) is 15.0. The van der Waals surface area contributed by atoms with E-state index in [1.54, 1.807) is 28.1 Å². The number of fused-ring (bicyclic) bond motifs is 1. The molecule has 3 aromatic rings. The first kappa shape index (κ1) is 35.2. The number of nitrogens with zero attached hydrogens (tertiary/aromatic N) is 1. The molecule has 4 rings (SSSR count). The number of halogens is 6. The van der Waals surface area contributed by atoms with Crippen molar-refractivity contribution in [3.63, 3.8) is 0 Å². The fraction of sp³-hybridized carbons (Fsp3) is 0.321. The van der Waals surface area contributed by atoms with Crippen LogP contribution in [0.15, 0.2) is 65.6 Å². The molecular formula is C28H29F6NO7S. The summed E-state index contributed by atoms with van der Waals surface area (Å²) >= 11 is 0. The first-order valence-electron chi connectivity index (χ1n) is 12.4. The van der Waals surface area contributed by atoms with Gasteiger partial charge >= 0.3 is 18.8 Å². The molecule has 0 atom stereocenters. The van der Waals surface area contributed by atoms with Gasteiger partial charge in [-0.3, -0.25) is 9.10 Å². The van der Waals surface area contributed by atoms with Gasteiger partial charge in [0.2, 0.25) is 0 Å². The number of hydrogen-bond acceptors (Lipinski definition) is 6. The lowest BCUT2D eigenvalue weighted by atomic mass is 10.0. The summed E-state index contributed by atoms with van der Waals surface area (Å²) in [4.78, 5) is 9.13. The summed E-state index contributed by atoms with van der Waals surface area (Å²) < 4.78 is 120. The number of aliphatic carboxylic acids is 1. The van der Waals surface area contributed by atoms with E-state index in [-0.39, 0.29) is 41.6 Å². The molecule has 43 heavy (non-hydrogen) atoms. The number of rotatable bonds is 6. The van der Waals surface area contributed by atoms with Crippen LogP contribution in [-0.4, -0.2) is 53.5 Å². The van der Waals surface area contributed by atoms with Gasteiger partial charge in [-0.15, -0.1) is 0 Å². The predicted molar refractivity (Wildman–Crippen MR) is 145 cm³/mol. The Morgan fingerprint density at radius 2 is 1.63 bits per heavy atom. The minimum absolute atomic E-state index is 0.00162. The maximum Gasteiger partial charge on any atom is 0.416 e. The van der Waals surface area contributed by atoms with Gasteiger partial charge in [-0.05, 0) is 53.6 Å². The highest BCUT2D eigenvalue weighted by molar-refractivity contribution is 7.92. The zero-order valence-electron chi connectivity index (χ0n) is 23.4. The van der Waals surface area contributed by atoms with Gasteiger partial charge in [0.1, 0.15) is 23.9 Å². The van der Waals surface area contributed by atoms with Crippen LogP contribution in [0.3, 0.4) is 0 Å². The second-order valence-electron chi connectivity index (χ2n) is 9.09. The minimum Gasteiger partial charge on any atom is -0.489 e. The topological polar surface area (TPSA) is 102 Å². The number of sulfonamides is 1. The highest BCUT2D eigenvalue weighted by Crippen LogP contribution is 2.40. The standard InChI is InChI=1S/C22H15F6NO4S.C4H8O2.C2H6O/c23-16-8-14(9-17(12-16)33-21(24)25)13-4-5-20-19(10-13)29(6-7-32-20)34(30,31)18-3-1-2-15(11-18)22(26,27)28;1-3(2)4(5)6;1-3-2/h1-5,8-12,21H,6-7H2;3H,1-2H3,(H,5,6);1-2H3. The van der Waals surface area contributed by atoms with Crippen LogP contribution in [-0.2, 0) is 25.7 Å². The molecule has 1 aliphatic rings. The van der Waals surface area contributed by atoms with Crippen molar-refractivity contribution in [2.45, 2.75) is 31.5 Å². The summed E-state index contributed by atoms with van der Waals surface area (Å²) in [5.74, 6) is -2.14. The molecule has 1 N–H and O–H groups in total. The molecule has 0 fully saturated rings. The van der Waals surface area contributed by atoms with Crippen LogP contribution < -0.4 is 13.8 Å². The Kier molecular flexibility index (Phi) is 12.3. The molecule has 0 saturated heterocycles. The van der Waals surface area contributed by atoms with Crippen molar-refractivity contribution >= 4 is 21.7 Å². The quantitative estimate of drug-likeness (QED) is 0.301. The third-order valence-corrected chi connectivity index (χ3v) is 7.26. The molecule has 236 valence electrons. The van der Waals surface area contributed by atoms with Crippen molar-refractivity contribution in [3.8, 4) is 22.6 Å². The largest absolute Gasteiger partial charge is 0.489 e. The van der Waals surface area contributed by atoms with Crippen LogP contribution in [0.25, 0.3) is 11.1 Å². The molecule has 0 amide bonds. The van der Waals surface area contributed by atoms with Gasteiger partial charge in [0.25, 0.3) is 10.0 Å². The van der Waals surface area contributed by atoms with E-state index in [2.05, 4.69) is 9.47 Å². The SMILES string of the molecule is CC(C)C(=O)O.COC.O=S(=O)(c1cccc(C(F)(F)F)c1)N1CCOc2ccc(-c3cc(F)cc(OC(F)F)c3)cc21. The number of carboxylic acid groups (broad SMARTS) is 1. The summed E-state index contributed by atoms with van der Waals surface area (Å²) in [6.45, 7) is -0.154. The van der Waals surface area contributed by atoms with Crippen molar-refractivity contribution in [2.24, 2.45) is 5.92 Å². The smallest absolute Gasteiger partial charge is 0.416 e. The fourth-order valence-electron chi connectivity index (χ4n) is 3.48. The minimum atomic E-state index is -4.74. The van der Waals surface area contributed by atoms with Gasteiger partial charge in [-0.25, -0.2) is 12.8 Å². The number of anilines is 1. The molecule has 0 spiro atoms. The van der Waals surface area contributed by atoms with Crippen LogP contribution in [0.2, 0.25) is 0 Å². The van der Waals surface area contributed by atoms with Gasteiger partial charge in [0.15, 0.2) is 0 Å². The Morgan fingerprint density at radius 3 is 2.19 bits per heavy atom. The number of benzene rings is 3. The lowest BCUT2D eigenvalue weighted by molar-refractivity contribution is -0.140. The van der Waals surface area contributed by atoms with Gasteiger partial charge in [-0.2, -0.15) is 22.0 Å². The van der Waals surface area contributed by atoms with Gasteiger partial charge < -0.3 is 19.3 Å². The van der Waals surface area contributed by atoms with Crippen LogP contribution in [0.5, 0.6) is 11.5 Å². The normalized spacial score (nSPS) is 12.8. The monoisotopic (exact) mass is 637 g/mol. The Morgan fingerprint density at radius 1 is 1.00 bits per heavy atom. The molecule has 0 radical (unpaired) electrons. The van der Waals surface area contributed by atoms with Crippen molar-refractivity contribution in [1.82, 2.24) is 0 Å². The van der Waals surface area contributed by atoms with Gasteiger partial charge in [-0.1, -0.05) is 26.0 Å². The van der Waals surface area contributed by atoms with E-state index >= 15 is 0 Å². The van der Waals surface area contributed by atoms with Crippen LogP contribution in [0, 0.1) is 11.7 Å². The van der Waals surface area contributed by atoms with Gasteiger partial charge in [0.05, 0.1) is 28.6 Å². The number of methoxy groups -OCH3 is 1. The first-order valence-corrected chi connectivity index (χ1v) is 13.8. The third-order valence-electron chi connectivity index (χ3n) is 5.45. The Labute approximate surface area is 244 Å². The Balaban J connectivity index is 0.000000630. The van der Waals surface area contributed by atoms with E-state index in [1.165, 1.54) is 18.2 Å². The highest BCUT2D eigenvalue weighted by atomic mass is 32.2. The fourth-order valence-corrected chi connectivity index (χ4v) is 4.98. The Bertz CT molecular complexity index is 1500. The molecule has 3 aromatic carbocycles. The van der Waals surface area contributed by atoms with Crippen molar-refractivity contribution < 1.29 is 58.9 Å². The van der Waals surface area contributed by atoms with E-state index in [0.29, 0.717) is 6.07 Å². The van der Waals surface area contributed by atoms with E-state index in [1.807, 2.05) is 0 Å². The predicted octanol–water partition coefficient (Wildman–Crippen LogP) is 6.69. The van der Waals surface area contributed by atoms with Crippen molar-refractivity contribution in [3.05, 3.63) is 72.0 Å². The van der Waals surface area contributed by atoms with E-state index in [0.717, 1.165) is 40.7 Å². The average molecular weight is 638 g/mol. The second-order valence-corrected chi connectivity index (χ2v) is 11.0. The van der Waals surface area contributed by atoms with E-state index < -0.39 is 50.8 Å². The number of carboxylic acids is 1. The van der Waals surface area contributed by atoms with Gasteiger partial charge in [0, 0.05) is 20.3 Å². The third kappa shape index (κ3) is 9.78. The van der Waals surface area contributed by atoms with Crippen LogP contribution in [0.4, 0.5) is 32.0 Å². The van der Waals surface area contributed by atoms with E-state index in [9.17, 15) is 39.6 Å². The molecule has 0 saturated carbocycles. The molecule has 15 heteroatoms. The van der Waals surface area contributed by atoms with Crippen LogP contribution in [0.1, 0.15) is 19.4 Å². The maximum absolute atomic E-state index is 14.0. The maximum atomic E-state index is 14.0. The lowest BCUT2D eigenvalue weighted by Crippen LogP contribution is -2.38. The average Bonchev–Trinajstić information content (AvgIpc) is 2.92. The molecule has 0 bridgehead atoms.